The predicted molar refractivity (Wildman–Crippen MR) is 112 cm³/mol. The Bertz CT molecular complexity index is 1360. The topological polar surface area (TPSA) is 148 Å². The number of hydrogen-bond donors (Lipinski definition) is 3. The summed E-state index contributed by atoms with van der Waals surface area (Å²) in [4.78, 5) is 29.0. The maximum Gasteiger partial charge on any atom is 0.340 e. The highest BCUT2D eigenvalue weighted by Gasteiger charge is 2.18. The molecule has 4 aromatic rings. The number of methoxy groups -OCH3 is 1. The molecule has 10 heteroatoms. The molecule has 0 atom stereocenters. The number of hydrogen-bond acceptors (Lipinski definition) is 9. The van der Waals surface area contributed by atoms with Crippen molar-refractivity contribution in [2.24, 2.45) is 0 Å². The average Bonchev–Trinajstić information content (AvgIpc) is 3.27. The van der Waals surface area contributed by atoms with Gasteiger partial charge in [-0.3, -0.25) is 4.79 Å². The van der Waals surface area contributed by atoms with Crippen molar-refractivity contribution in [2.45, 2.75) is 19.9 Å². The molecule has 164 valence electrons. The minimum absolute atomic E-state index is 0.0192. The van der Waals surface area contributed by atoms with Crippen LogP contribution in [0.5, 0.6) is 17.2 Å². The van der Waals surface area contributed by atoms with E-state index in [9.17, 15) is 19.8 Å². The highest BCUT2D eigenvalue weighted by Crippen LogP contribution is 2.34. The second-order valence-electron chi connectivity index (χ2n) is 7.00. The molecular formula is C22H19N3O7. The van der Waals surface area contributed by atoms with E-state index in [-0.39, 0.29) is 30.0 Å². The Morgan fingerprint density at radius 1 is 1.16 bits per heavy atom. The van der Waals surface area contributed by atoms with Crippen molar-refractivity contribution in [1.82, 2.24) is 15.5 Å². The largest absolute Gasteiger partial charge is 0.504 e. The van der Waals surface area contributed by atoms with Gasteiger partial charge in [0, 0.05) is 10.9 Å². The maximum atomic E-state index is 12.4. The summed E-state index contributed by atoms with van der Waals surface area (Å²) < 4.78 is 15.4. The normalized spacial score (nSPS) is 10.9. The van der Waals surface area contributed by atoms with E-state index < -0.39 is 23.0 Å². The monoisotopic (exact) mass is 437 g/mol. The fraction of sp³-hybridized carbons (Fsp3) is 0.182. The second-order valence-corrected chi connectivity index (χ2v) is 7.00. The highest BCUT2D eigenvalue weighted by molar-refractivity contribution is 5.89. The van der Waals surface area contributed by atoms with E-state index in [1.807, 2.05) is 0 Å². The standard InChI is InChI=1S/C22H19N3O7/c1-11-14-7-8-16(26)19(28)20(14)31-22(29)15(11)9-17(27)23-10-18-24-21(25-32-18)12-3-5-13(30-2)6-4-12/h3-8,26,28H,9-10H2,1-2H3,(H,23,27). The maximum absolute atomic E-state index is 12.4. The van der Waals surface area contributed by atoms with E-state index in [4.69, 9.17) is 13.7 Å². The van der Waals surface area contributed by atoms with E-state index >= 15 is 0 Å². The fourth-order valence-corrected chi connectivity index (χ4v) is 3.22. The van der Waals surface area contributed by atoms with Gasteiger partial charge in [0.05, 0.1) is 25.6 Å². The number of carbonyl (C=O) groups is 1. The molecule has 0 fully saturated rings. The number of fused-ring (bicyclic) bond motifs is 1. The Hall–Kier alpha value is -4.34. The van der Waals surface area contributed by atoms with Crippen molar-refractivity contribution in [3.8, 4) is 28.6 Å². The van der Waals surface area contributed by atoms with Crippen LogP contribution in [0.1, 0.15) is 17.0 Å². The molecule has 1 amide bonds. The van der Waals surface area contributed by atoms with Gasteiger partial charge in [-0.2, -0.15) is 4.98 Å². The van der Waals surface area contributed by atoms with Gasteiger partial charge in [0.1, 0.15) is 5.75 Å². The minimum Gasteiger partial charge on any atom is -0.504 e. The Morgan fingerprint density at radius 3 is 2.62 bits per heavy atom. The minimum atomic E-state index is -0.773. The number of aromatic hydroxyl groups is 2. The number of nitrogens with one attached hydrogen (secondary N) is 1. The number of amides is 1. The Kier molecular flexibility index (Phi) is 5.50. The highest BCUT2D eigenvalue weighted by atomic mass is 16.5. The molecule has 2 heterocycles. The van der Waals surface area contributed by atoms with Crippen molar-refractivity contribution in [1.29, 1.82) is 0 Å². The van der Waals surface area contributed by atoms with Crippen LogP contribution in [0.2, 0.25) is 0 Å². The molecule has 0 unspecified atom stereocenters. The fourth-order valence-electron chi connectivity index (χ4n) is 3.22. The van der Waals surface area contributed by atoms with Crippen molar-refractivity contribution in [3.63, 3.8) is 0 Å². The van der Waals surface area contributed by atoms with E-state index in [0.29, 0.717) is 22.5 Å². The first kappa shape index (κ1) is 20.9. The Labute approximate surface area is 181 Å². The molecule has 0 spiro atoms. The third-order valence-corrected chi connectivity index (χ3v) is 5.00. The summed E-state index contributed by atoms with van der Waals surface area (Å²) in [5.74, 6) is -0.114. The van der Waals surface area contributed by atoms with Gasteiger partial charge in [0.25, 0.3) is 0 Å². The van der Waals surface area contributed by atoms with E-state index in [1.54, 1.807) is 38.3 Å². The van der Waals surface area contributed by atoms with Gasteiger partial charge in [0.15, 0.2) is 11.3 Å². The Morgan fingerprint density at radius 2 is 1.91 bits per heavy atom. The molecule has 32 heavy (non-hydrogen) atoms. The van der Waals surface area contributed by atoms with Gasteiger partial charge >= 0.3 is 5.63 Å². The summed E-state index contributed by atoms with van der Waals surface area (Å²) in [6.07, 6.45) is -0.245. The van der Waals surface area contributed by atoms with E-state index in [0.717, 1.165) is 5.56 Å². The van der Waals surface area contributed by atoms with Crippen LogP contribution in [0, 0.1) is 6.92 Å². The molecule has 4 rings (SSSR count). The van der Waals surface area contributed by atoms with E-state index in [2.05, 4.69) is 15.5 Å². The van der Waals surface area contributed by atoms with Crippen LogP contribution < -0.4 is 15.7 Å². The zero-order valence-electron chi connectivity index (χ0n) is 17.2. The number of ether oxygens (including phenoxy) is 1. The second kappa shape index (κ2) is 8.42. The van der Waals surface area contributed by atoms with Gasteiger partial charge < -0.3 is 29.2 Å². The molecule has 0 saturated carbocycles. The Balaban J connectivity index is 1.45. The number of aromatic nitrogens is 2. The third kappa shape index (κ3) is 3.97. The number of aryl methyl sites for hydroxylation is 1. The first-order chi connectivity index (χ1) is 15.4. The molecule has 0 bridgehead atoms. The van der Waals surface area contributed by atoms with Crippen molar-refractivity contribution in [2.75, 3.05) is 7.11 Å². The van der Waals surface area contributed by atoms with E-state index in [1.165, 1.54) is 12.1 Å². The first-order valence-electron chi connectivity index (χ1n) is 9.58. The number of phenolic OH excluding ortho intramolecular Hbond substituents is 2. The van der Waals surface area contributed by atoms with Gasteiger partial charge in [0.2, 0.25) is 23.4 Å². The van der Waals surface area contributed by atoms with Crippen LogP contribution in [-0.4, -0.2) is 33.4 Å². The zero-order chi connectivity index (χ0) is 22.8. The van der Waals surface area contributed by atoms with Gasteiger partial charge in [-0.15, -0.1) is 0 Å². The lowest BCUT2D eigenvalue weighted by Crippen LogP contribution is -2.27. The number of benzene rings is 2. The van der Waals surface area contributed by atoms with Crippen LogP contribution in [0.15, 0.2) is 50.1 Å². The van der Waals surface area contributed by atoms with Crippen molar-refractivity contribution in [3.05, 3.63) is 63.8 Å². The molecule has 0 radical (unpaired) electrons. The summed E-state index contributed by atoms with van der Waals surface area (Å²) in [5.41, 5.74) is 0.441. The van der Waals surface area contributed by atoms with Crippen molar-refractivity contribution < 1.29 is 28.7 Å². The summed E-state index contributed by atoms with van der Waals surface area (Å²) in [6, 6.07) is 9.89. The SMILES string of the molecule is COc1ccc(-c2noc(CNC(=O)Cc3c(C)c4ccc(O)c(O)c4oc3=O)n2)cc1. The molecule has 0 aliphatic carbocycles. The molecule has 2 aromatic carbocycles. The van der Waals surface area contributed by atoms with Crippen LogP contribution in [0.25, 0.3) is 22.4 Å². The molecule has 3 N–H and O–H groups in total. The summed E-state index contributed by atoms with van der Waals surface area (Å²) in [7, 11) is 1.57. The third-order valence-electron chi connectivity index (χ3n) is 5.00. The average molecular weight is 437 g/mol. The molecular weight excluding hydrogens is 418 g/mol. The summed E-state index contributed by atoms with van der Waals surface area (Å²) in [6.45, 7) is 1.62. The molecule has 0 saturated heterocycles. The molecule has 10 nitrogen and oxygen atoms in total. The summed E-state index contributed by atoms with van der Waals surface area (Å²) >= 11 is 0. The van der Waals surface area contributed by atoms with Gasteiger partial charge in [-0.25, -0.2) is 4.79 Å². The van der Waals surface area contributed by atoms with Crippen molar-refractivity contribution >= 4 is 16.9 Å². The van der Waals surface area contributed by atoms with Crippen LogP contribution in [0.4, 0.5) is 0 Å². The lowest BCUT2D eigenvalue weighted by Gasteiger charge is -2.09. The molecule has 0 aliphatic heterocycles. The van der Waals surface area contributed by atoms with Gasteiger partial charge in [-0.05, 0) is 48.9 Å². The number of rotatable bonds is 6. The quantitative estimate of drug-likeness (QED) is 0.305. The molecule has 2 aromatic heterocycles. The van der Waals surface area contributed by atoms with Gasteiger partial charge in [-0.1, -0.05) is 5.16 Å². The molecule has 0 aliphatic rings. The number of nitrogens with zero attached hydrogens (tertiary/aromatic N) is 2. The lowest BCUT2D eigenvalue weighted by molar-refractivity contribution is -0.120. The van der Waals surface area contributed by atoms with Crippen LogP contribution >= 0.6 is 0 Å². The van der Waals surface area contributed by atoms with Crippen LogP contribution in [0.3, 0.4) is 0 Å². The lowest BCUT2D eigenvalue weighted by atomic mass is 10.0. The summed E-state index contributed by atoms with van der Waals surface area (Å²) in [5, 5.41) is 26.4. The smallest absolute Gasteiger partial charge is 0.340 e. The number of phenols is 2. The van der Waals surface area contributed by atoms with Crippen LogP contribution in [-0.2, 0) is 17.8 Å². The zero-order valence-corrected chi connectivity index (χ0v) is 17.2. The number of carbonyl (C=O) groups excluding carboxylic acids is 1. The predicted octanol–water partition coefficient (Wildman–Crippen LogP) is 2.43. The first-order valence-corrected chi connectivity index (χ1v) is 9.58.